The molecular formula is C19H20N6OS. The number of fused-ring (bicyclic) bond motifs is 1. The number of carbonyl (C=O) groups excluding carboxylic acids is 1. The Morgan fingerprint density at radius 1 is 1.30 bits per heavy atom. The van der Waals surface area contributed by atoms with E-state index in [0.717, 1.165) is 16.2 Å². The Hall–Kier alpha value is -3.00. The molecule has 8 heteroatoms. The van der Waals surface area contributed by atoms with Crippen molar-refractivity contribution in [2.24, 2.45) is 0 Å². The molecule has 0 bridgehead atoms. The van der Waals surface area contributed by atoms with Gasteiger partial charge in [0.25, 0.3) is 5.91 Å². The predicted molar refractivity (Wildman–Crippen MR) is 105 cm³/mol. The van der Waals surface area contributed by atoms with Crippen LogP contribution in [0.2, 0.25) is 0 Å². The van der Waals surface area contributed by atoms with E-state index < -0.39 is 0 Å². The summed E-state index contributed by atoms with van der Waals surface area (Å²) < 4.78 is 3.87. The number of thiazole rings is 1. The molecule has 0 unspecified atom stereocenters. The van der Waals surface area contributed by atoms with Gasteiger partial charge in [-0.05, 0) is 32.9 Å². The standard InChI is InChI=1S/C19H20N6OS/c1-12(2)21-19(26)17-16-6-4-5-7-25(16)18(23-17)15-9-24(11-20-15)8-14-10-27-13(3)22-14/h4-7,9-12H,8H2,1-3H3,(H,21,26). The Bertz CT molecular complexity index is 1110. The maximum Gasteiger partial charge on any atom is 0.272 e. The van der Waals surface area contributed by atoms with Crippen LogP contribution in [0.4, 0.5) is 0 Å². The highest BCUT2D eigenvalue weighted by Crippen LogP contribution is 2.22. The van der Waals surface area contributed by atoms with Crippen LogP contribution in [-0.2, 0) is 6.54 Å². The number of hydrogen-bond donors (Lipinski definition) is 1. The number of amides is 1. The van der Waals surface area contributed by atoms with Crippen molar-refractivity contribution < 1.29 is 4.79 Å². The quantitative estimate of drug-likeness (QED) is 0.577. The summed E-state index contributed by atoms with van der Waals surface area (Å²) in [7, 11) is 0. The van der Waals surface area contributed by atoms with Gasteiger partial charge in [0, 0.05) is 23.8 Å². The zero-order chi connectivity index (χ0) is 19.0. The Morgan fingerprint density at radius 2 is 2.15 bits per heavy atom. The minimum absolute atomic E-state index is 0.0437. The van der Waals surface area contributed by atoms with Crippen LogP contribution in [-0.4, -0.2) is 35.9 Å². The van der Waals surface area contributed by atoms with Crippen LogP contribution in [0, 0.1) is 6.92 Å². The molecule has 0 radical (unpaired) electrons. The molecule has 1 amide bonds. The second-order valence-corrected chi connectivity index (χ2v) is 7.72. The van der Waals surface area contributed by atoms with Crippen molar-refractivity contribution in [2.45, 2.75) is 33.4 Å². The van der Waals surface area contributed by atoms with Gasteiger partial charge in [0.1, 0.15) is 5.69 Å². The van der Waals surface area contributed by atoms with E-state index in [4.69, 9.17) is 0 Å². The normalized spacial score (nSPS) is 11.4. The Balaban J connectivity index is 1.70. The van der Waals surface area contributed by atoms with Gasteiger partial charge in [0.05, 0.1) is 29.1 Å². The molecule has 0 saturated carbocycles. The van der Waals surface area contributed by atoms with Crippen molar-refractivity contribution >= 4 is 22.8 Å². The predicted octanol–water partition coefficient (Wildman–Crippen LogP) is 3.15. The van der Waals surface area contributed by atoms with Gasteiger partial charge in [0.15, 0.2) is 11.5 Å². The first-order chi connectivity index (χ1) is 13.0. The third kappa shape index (κ3) is 3.48. The third-order valence-electron chi connectivity index (χ3n) is 4.06. The van der Waals surface area contributed by atoms with Crippen molar-refractivity contribution in [3.63, 3.8) is 0 Å². The third-order valence-corrected chi connectivity index (χ3v) is 4.88. The van der Waals surface area contributed by atoms with Crippen molar-refractivity contribution in [1.29, 1.82) is 0 Å². The van der Waals surface area contributed by atoms with Crippen molar-refractivity contribution in [3.05, 3.63) is 58.7 Å². The van der Waals surface area contributed by atoms with E-state index in [-0.39, 0.29) is 11.9 Å². The molecule has 0 atom stereocenters. The molecule has 4 aromatic rings. The van der Waals surface area contributed by atoms with E-state index in [0.29, 0.717) is 23.8 Å². The topological polar surface area (TPSA) is 77.1 Å². The summed E-state index contributed by atoms with van der Waals surface area (Å²) in [5.41, 5.74) is 2.89. The highest BCUT2D eigenvalue weighted by atomic mass is 32.1. The van der Waals surface area contributed by atoms with Gasteiger partial charge >= 0.3 is 0 Å². The van der Waals surface area contributed by atoms with E-state index >= 15 is 0 Å². The summed E-state index contributed by atoms with van der Waals surface area (Å²) in [6, 6.07) is 5.75. The van der Waals surface area contributed by atoms with Crippen LogP contribution < -0.4 is 5.32 Å². The lowest BCUT2D eigenvalue weighted by Gasteiger charge is -2.06. The van der Waals surface area contributed by atoms with Crippen LogP contribution in [0.15, 0.2) is 42.3 Å². The first-order valence-corrected chi connectivity index (χ1v) is 9.60. The number of rotatable bonds is 5. The number of hydrogen-bond acceptors (Lipinski definition) is 5. The van der Waals surface area contributed by atoms with Gasteiger partial charge in [-0.1, -0.05) is 6.07 Å². The highest BCUT2D eigenvalue weighted by molar-refractivity contribution is 7.09. The maximum atomic E-state index is 12.5. The molecule has 0 spiro atoms. The molecule has 1 N–H and O–H groups in total. The fourth-order valence-electron chi connectivity index (χ4n) is 2.95. The Labute approximate surface area is 160 Å². The zero-order valence-corrected chi connectivity index (χ0v) is 16.2. The number of imidazole rings is 2. The molecule has 0 aliphatic rings. The average molecular weight is 380 g/mol. The highest BCUT2D eigenvalue weighted by Gasteiger charge is 2.20. The van der Waals surface area contributed by atoms with Crippen LogP contribution in [0.3, 0.4) is 0 Å². The monoisotopic (exact) mass is 380 g/mol. The molecule has 0 saturated heterocycles. The van der Waals surface area contributed by atoms with Crippen molar-refractivity contribution in [3.8, 4) is 11.5 Å². The number of nitrogens with one attached hydrogen (secondary N) is 1. The van der Waals surface area contributed by atoms with E-state index in [1.165, 1.54) is 0 Å². The minimum atomic E-state index is -0.183. The SMILES string of the molecule is Cc1nc(Cn2cnc(-c3nc(C(=O)NC(C)C)c4ccccn34)c2)cs1. The number of aryl methyl sites for hydroxylation is 1. The van der Waals surface area contributed by atoms with E-state index in [1.807, 2.05) is 65.7 Å². The summed E-state index contributed by atoms with van der Waals surface area (Å²) in [6.45, 7) is 6.51. The molecule has 4 aromatic heterocycles. The van der Waals surface area contributed by atoms with Gasteiger partial charge in [0.2, 0.25) is 0 Å². The minimum Gasteiger partial charge on any atom is -0.348 e. The zero-order valence-electron chi connectivity index (χ0n) is 15.4. The molecular weight excluding hydrogens is 360 g/mol. The molecule has 0 fully saturated rings. The van der Waals surface area contributed by atoms with Crippen LogP contribution in [0.25, 0.3) is 17.0 Å². The molecule has 138 valence electrons. The van der Waals surface area contributed by atoms with Crippen LogP contribution in [0.1, 0.15) is 35.0 Å². The number of nitrogens with zero attached hydrogens (tertiary/aromatic N) is 5. The molecule has 4 heterocycles. The largest absolute Gasteiger partial charge is 0.348 e. The summed E-state index contributed by atoms with van der Waals surface area (Å²) in [5.74, 6) is 0.463. The first-order valence-electron chi connectivity index (χ1n) is 8.72. The van der Waals surface area contributed by atoms with Crippen molar-refractivity contribution in [2.75, 3.05) is 0 Å². The van der Waals surface area contributed by atoms with Gasteiger partial charge in [-0.25, -0.2) is 15.0 Å². The van der Waals surface area contributed by atoms with Gasteiger partial charge in [-0.15, -0.1) is 11.3 Å². The lowest BCUT2D eigenvalue weighted by atomic mass is 10.3. The van der Waals surface area contributed by atoms with Gasteiger partial charge in [-0.2, -0.15) is 0 Å². The molecule has 0 aliphatic carbocycles. The first kappa shape index (κ1) is 17.4. The van der Waals surface area contributed by atoms with Crippen LogP contribution in [0.5, 0.6) is 0 Å². The Kier molecular flexibility index (Phi) is 4.49. The molecule has 0 aromatic carbocycles. The smallest absolute Gasteiger partial charge is 0.272 e. The molecule has 7 nitrogen and oxygen atoms in total. The van der Waals surface area contributed by atoms with E-state index in [2.05, 4.69) is 20.3 Å². The Morgan fingerprint density at radius 3 is 2.89 bits per heavy atom. The molecule has 0 aliphatic heterocycles. The lowest BCUT2D eigenvalue weighted by molar-refractivity contribution is 0.0940. The average Bonchev–Trinajstić information content (AvgIpc) is 3.33. The van der Waals surface area contributed by atoms with Crippen LogP contribution >= 0.6 is 11.3 Å². The van der Waals surface area contributed by atoms with Gasteiger partial charge < -0.3 is 9.88 Å². The maximum absolute atomic E-state index is 12.5. The lowest BCUT2D eigenvalue weighted by Crippen LogP contribution is -2.30. The number of carbonyl (C=O) groups is 1. The van der Waals surface area contributed by atoms with Gasteiger partial charge in [-0.3, -0.25) is 9.20 Å². The fourth-order valence-corrected chi connectivity index (χ4v) is 3.55. The summed E-state index contributed by atoms with van der Waals surface area (Å²) in [4.78, 5) is 26.1. The molecule has 27 heavy (non-hydrogen) atoms. The second-order valence-electron chi connectivity index (χ2n) is 6.66. The summed E-state index contributed by atoms with van der Waals surface area (Å²) in [6.07, 6.45) is 5.59. The van der Waals surface area contributed by atoms with Crippen molar-refractivity contribution in [1.82, 2.24) is 29.2 Å². The number of aromatic nitrogens is 5. The van der Waals surface area contributed by atoms with E-state index in [9.17, 15) is 4.79 Å². The number of pyridine rings is 1. The summed E-state index contributed by atoms with van der Waals surface area (Å²) >= 11 is 1.63. The van der Waals surface area contributed by atoms with E-state index in [1.54, 1.807) is 17.7 Å². The molecule has 4 rings (SSSR count). The summed E-state index contributed by atoms with van der Waals surface area (Å²) in [5, 5.41) is 6.01. The second kappa shape index (κ2) is 6.96. The fraction of sp³-hybridized carbons (Fsp3) is 0.263.